The second-order valence-corrected chi connectivity index (χ2v) is 5.66. The molecule has 0 unspecified atom stereocenters. The number of carbonyl (C=O) groups excluding carboxylic acids is 2. The molecule has 0 heterocycles. The lowest BCUT2D eigenvalue weighted by Crippen LogP contribution is -2.26. The van der Waals surface area contributed by atoms with E-state index in [1.165, 1.54) is 0 Å². The monoisotopic (exact) mass is 336 g/mol. The van der Waals surface area contributed by atoms with Gasteiger partial charge >= 0.3 is 5.97 Å². The minimum atomic E-state index is -1.16. The zero-order valence-electron chi connectivity index (χ0n) is 13.2. The molecule has 1 atom stereocenters. The first-order chi connectivity index (χ1) is 10.5. The number of ether oxygens (including phenoxy) is 1. The molecule has 132 valence electrons. The van der Waals surface area contributed by atoms with Crippen LogP contribution in [0, 0.1) is 20.2 Å². The Hall–Kier alpha value is -2.46. The summed E-state index contributed by atoms with van der Waals surface area (Å²) in [6.45, 7) is 4.40. The molecule has 0 aliphatic heterocycles. The molecular formula is C12H20N2O9. The number of hydrogen-bond acceptors (Lipinski definition) is 9. The fraction of sp³-hybridized carbons (Fsp3) is 0.833. The van der Waals surface area contributed by atoms with Crippen molar-refractivity contribution in [1.82, 2.24) is 0 Å². The Bertz CT molecular complexity index is 444. The van der Waals surface area contributed by atoms with Crippen LogP contribution in [0.1, 0.15) is 46.5 Å². The van der Waals surface area contributed by atoms with Gasteiger partial charge in [-0.05, 0) is 33.6 Å². The van der Waals surface area contributed by atoms with Crippen molar-refractivity contribution >= 4 is 11.8 Å². The molecule has 0 bridgehead atoms. The summed E-state index contributed by atoms with van der Waals surface area (Å²) in [4.78, 5) is 51.6. The zero-order valence-corrected chi connectivity index (χ0v) is 13.2. The van der Waals surface area contributed by atoms with Gasteiger partial charge in [-0.2, -0.15) is 0 Å². The number of ketones is 1. The van der Waals surface area contributed by atoms with E-state index < -0.39 is 46.7 Å². The van der Waals surface area contributed by atoms with E-state index in [2.05, 4.69) is 9.68 Å². The molecule has 0 aliphatic carbocycles. The maximum atomic E-state index is 11.6. The molecule has 0 aliphatic rings. The molecule has 23 heavy (non-hydrogen) atoms. The summed E-state index contributed by atoms with van der Waals surface area (Å²) in [6, 6.07) is 0. The molecule has 0 radical (unpaired) electrons. The number of Topliss-reactive ketones (excluding diaryl/α,β-unsaturated/α-hetero) is 1. The van der Waals surface area contributed by atoms with E-state index in [-0.39, 0.29) is 19.3 Å². The summed E-state index contributed by atoms with van der Waals surface area (Å²) in [5.41, 5.74) is -0.693. The van der Waals surface area contributed by atoms with Crippen molar-refractivity contribution in [2.45, 2.75) is 58.2 Å². The molecule has 0 spiro atoms. The normalized spacial score (nSPS) is 12.1. The van der Waals surface area contributed by atoms with E-state index in [4.69, 9.17) is 4.74 Å². The Labute approximate surface area is 132 Å². The number of nitrogens with zero attached hydrogens (tertiary/aromatic N) is 2. The molecule has 0 saturated heterocycles. The molecule has 0 aromatic heterocycles. The standard InChI is InChI=1S/C12H20N2O9/c1-12(2,3)22-11(16)7-9(15)5-4-6-10(23-14(19)20)8-21-13(17)18/h10H,4-8H2,1-3H3/t10-/m1/s1. The number of esters is 1. The van der Waals surface area contributed by atoms with Gasteiger partial charge in [0.05, 0.1) is 0 Å². The lowest BCUT2D eigenvalue weighted by molar-refractivity contribution is -0.790. The van der Waals surface area contributed by atoms with Crippen LogP contribution in [0.3, 0.4) is 0 Å². The molecule has 0 amide bonds. The van der Waals surface area contributed by atoms with Crippen LogP contribution in [0.5, 0.6) is 0 Å². The van der Waals surface area contributed by atoms with Gasteiger partial charge in [-0.15, -0.1) is 20.2 Å². The number of carbonyl (C=O) groups is 2. The van der Waals surface area contributed by atoms with Crippen molar-refractivity contribution in [2.75, 3.05) is 6.61 Å². The summed E-state index contributed by atoms with van der Waals surface area (Å²) in [7, 11) is 0. The predicted octanol–water partition coefficient (Wildman–Crippen LogP) is 1.24. The Morgan fingerprint density at radius 2 is 1.74 bits per heavy atom. The van der Waals surface area contributed by atoms with Crippen molar-refractivity contribution in [1.29, 1.82) is 0 Å². The van der Waals surface area contributed by atoms with Crippen molar-refractivity contribution in [2.24, 2.45) is 0 Å². The van der Waals surface area contributed by atoms with Gasteiger partial charge in [-0.3, -0.25) is 9.59 Å². The molecular weight excluding hydrogens is 316 g/mol. The van der Waals surface area contributed by atoms with Crippen LogP contribution in [0.4, 0.5) is 0 Å². The van der Waals surface area contributed by atoms with Crippen LogP contribution in [-0.2, 0) is 24.0 Å². The van der Waals surface area contributed by atoms with E-state index in [1.807, 2.05) is 0 Å². The molecule has 11 nitrogen and oxygen atoms in total. The van der Waals surface area contributed by atoms with Gasteiger partial charge in [0.1, 0.15) is 30.5 Å². The van der Waals surface area contributed by atoms with E-state index in [0.29, 0.717) is 0 Å². The van der Waals surface area contributed by atoms with Gasteiger partial charge in [0, 0.05) is 6.42 Å². The molecule has 0 aromatic rings. The molecule has 0 N–H and O–H groups in total. The van der Waals surface area contributed by atoms with Crippen LogP contribution in [0.25, 0.3) is 0 Å². The fourth-order valence-electron chi connectivity index (χ4n) is 1.59. The highest BCUT2D eigenvalue weighted by Gasteiger charge is 2.20. The molecule has 0 saturated carbocycles. The SMILES string of the molecule is CC(C)(C)OC(=O)CC(=O)CCC[C@H](CO[N+](=O)[O-])O[N+](=O)[O-]. The summed E-state index contributed by atoms with van der Waals surface area (Å²) < 4.78 is 4.98. The van der Waals surface area contributed by atoms with Crippen LogP contribution < -0.4 is 0 Å². The molecule has 0 aromatic carbocycles. The van der Waals surface area contributed by atoms with Gasteiger partial charge in [-0.1, -0.05) is 0 Å². The van der Waals surface area contributed by atoms with Crippen LogP contribution >= 0.6 is 0 Å². The van der Waals surface area contributed by atoms with E-state index in [9.17, 15) is 29.8 Å². The maximum Gasteiger partial charge on any atom is 0.313 e. The summed E-state index contributed by atoms with van der Waals surface area (Å²) in [5, 5.41) is 18.1. The van der Waals surface area contributed by atoms with Crippen molar-refractivity contribution in [3.05, 3.63) is 20.2 Å². The summed E-state index contributed by atoms with van der Waals surface area (Å²) in [5.74, 6) is -1.05. The Morgan fingerprint density at radius 3 is 2.22 bits per heavy atom. The lowest BCUT2D eigenvalue weighted by atomic mass is 10.1. The largest absolute Gasteiger partial charge is 0.460 e. The van der Waals surface area contributed by atoms with Gasteiger partial charge in [-0.25, -0.2) is 0 Å². The average molecular weight is 336 g/mol. The van der Waals surface area contributed by atoms with Crippen molar-refractivity contribution in [3.8, 4) is 0 Å². The lowest BCUT2D eigenvalue weighted by Gasteiger charge is -2.19. The minimum Gasteiger partial charge on any atom is -0.460 e. The predicted molar refractivity (Wildman–Crippen MR) is 74.1 cm³/mol. The smallest absolute Gasteiger partial charge is 0.313 e. The third-order valence-electron chi connectivity index (χ3n) is 2.34. The number of rotatable bonds is 11. The van der Waals surface area contributed by atoms with Gasteiger partial charge < -0.3 is 14.4 Å². The average Bonchev–Trinajstić information content (AvgIpc) is 2.32. The fourth-order valence-corrected chi connectivity index (χ4v) is 1.59. The van der Waals surface area contributed by atoms with Gasteiger partial charge in [0.15, 0.2) is 0 Å². The summed E-state index contributed by atoms with van der Waals surface area (Å²) >= 11 is 0. The quantitative estimate of drug-likeness (QED) is 0.235. The molecule has 0 fully saturated rings. The van der Waals surface area contributed by atoms with Crippen molar-refractivity contribution < 1.29 is 34.2 Å². The second kappa shape index (κ2) is 9.54. The highest BCUT2D eigenvalue weighted by atomic mass is 17.0. The first kappa shape index (κ1) is 20.5. The first-order valence-corrected chi connectivity index (χ1v) is 6.81. The topological polar surface area (TPSA) is 148 Å². The maximum absolute atomic E-state index is 11.6. The van der Waals surface area contributed by atoms with Gasteiger partial charge in [0.2, 0.25) is 0 Å². The van der Waals surface area contributed by atoms with Crippen LogP contribution in [-0.4, -0.2) is 40.2 Å². The van der Waals surface area contributed by atoms with Crippen LogP contribution in [0.2, 0.25) is 0 Å². The number of hydrogen-bond donors (Lipinski definition) is 0. The Morgan fingerprint density at radius 1 is 1.13 bits per heavy atom. The van der Waals surface area contributed by atoms with E-state index >= 15 is 0 Å². The zero-order chi connectivity index (χ0) is 18.0. The van der Waals surface area contributed by atoms with E-state index in [0.717, 1.165) is 0 Å². The van der Waals surface area contributed by atoms with Gasteiger partial charge in [0.25, 0.3) is 10.2 Å². The minimum absolute atomic E-state index is 0.00508. The highest BCUT2D eigenvalue weighted by Crippen LogP contribution is 2.11. The highest BCUT2D eigenvalue weighted by molar-refractivity contribution is 5.95. The molecule has 11 heteroatoms. The van der Waals surface area contributed by atoms with E-state index in [1.54, 1.807) is 20.8 Å². The van der Waals surface area contributed by atoms with Crippen LogP contribution in [0.15, 0.2) is 0 Å². The second-order valence-electron chi connectivity index (χ2n) is 5.66. The Balaban J connectivity index is 4.15. The Kier molecular flexibility index (Phi) is 8.52. The summed E-state index contributed by atoms with van der Waals surface area (Å²) in [6.07, 6.45) is -1.45. The molecule has 0 rings (SSSR count). The first-order valence-electron chi connectivity index (χ1n) is 6.81. The third kappa shape index (κ3) is 13.0. The third-order valence-corrected chi connectivity index (χ3v) is 2.34. The van der Waals surface area contributed by atoms with Crippen molar-refractivity contribution in [3.63, 3.8) is 0 Å².